The summed E-state index contributed by atoms with van der Waals surface area (Å²) in [4.78, 5) is 13.4. The first-order valence-electron chi connectivity index (χ1n) is 13.2. The van der Waals surface area contributed by atoms with Crippen LogP contribution in [0.1, 0.15) is 27.8 Å². The second-order valence-electron chi connectivity index (χ2n) is 9.91. The number of carboxylic acids is 1. The molecule has 0 heterocycles. The molecule has 5 aromatic rings. The number of aryl methyl sites for hydroxylation is 2. The van der Waals surface area contributed by atoms with Crippen LogP contribution in [0.2, 0.25) is 0 Å². The minimum atomic E-state index is -1.01. The Hall–Kier alpha value is -5.15. The number of nitrogens with zero attached hydrogens (tertiary/aromatic N) is 1. The molecule has 0 aromatic heterocycles. The molecule has 0 amide bonds. The van der Waals surface area contributed by atoms with Gasteiger partial charge in [0.2, 0.25) is 0 Å². The summed E-state index contributed by atoms with van der Waals surface area (Å²) in [5.41, 5.74) is 10.9. The van der Waals surface area contributed by atoms with Crippen molar-refractivity contribution in [3.05, 3.63) is 156 Å². The maximum Gasteiger partial charge on any atom is 0.335 e. The van der Waals surface area contributed by atoms with E-state index in [1.807, 2.05) is 18.2 Å². The van der Waals surface area contributed by atoms with Crippen LogP contribution in [-0.2, 0) is 4.79 Å². The zero-order valence-corrected chi connectivity index (χ0v) is 22.7. The first-order valence-corrected chi connectivity index (χ1v) is 13.2. The van der Waals surface area contributed by atoms with Crippen molar-refractivity contribution in [2.24, 2.45) is 0 Å². The summed E-state index contributed by atoms with van der Waals surface area (Å²) in [6.07, 6.45) is 4.07. The van der Waals surface area contributed by atoms with E-state index in [2.05, 4.69) is 128 Å². The van der Waals surface area contributed by atoms with E-state index in [9.17, 15) is 4.79 Å². The average Bonchev–Trinajstić information content (AvgIpc) is 2.99. The lowest BCUT2D eigenvalue weighted by Crippen LogP contribution is -2.09. The van der Waals surface area contributed by atoms with Gasteiger partial charge in [0.15, 0.2) is 0 Å². The highest BCUT2D eigenvalue weighted by Crippen LogP contribution is 2.36. The molecule has 5 rings (SSSR count). The Morgan fingerprint density at radius 3 is 1.32 bits per heavy atom. The van der Waals surface area contributed by atoms with Crippen molar-refractivity contribution < 1.29 is 9.90 Å². The van der Waals surface area contributed by atoms with Crippen LogP contribution in [0.25, 0.3) is 28.9 Å². The molecule has 0 saturated heterocycles. The Balaban J connectivity index is 1.33. The lowest BCUT2D eigenvalue weighted by Gasteiger charge is -2.26. The predicted molar refractivity (Wildman–Crippen MR) is 168 cm³/mol. The van der Waals surface area contributed by atoms with Gasteiger partial charge in [-0.3, -0.25) is 0 Å². The Bertz CT molecular complexity index is 1600. The van der Waals surface area contributed by atoms with Crippen LogP contribution in [0, 0.1) is 13.8 Å². The highest BCUT2D eigenvalue weighted by molar-refractivity contribution is 6.14. The Morgan fingerprint density at radius 1 is 0.575 bits per heavy atom. The molecular weight excluding hydrogens is 490 g/mol. The molecule has 0 bridgehead atoms. The number of benzene rings is 5. The highest BCUT2D eigenvalue weighted by atomic mass is 16.4. The normalized spacial score (nSPS) is 10.9. The van der Waals surface area contributed by atoms with Gasteiger partial charge in [-0.15, -0.1) is 0 Å². The minimum Gasteiger partial charge on any atom is -0.478 e. The molecule has 0 aliphatic heterocycles. The van der Waals surface area contributed by atoms with Crippen molar-refractivity contribution in [1.82, 2.24) is 0 Å². The van der Waals surface area contributed by atoms with Crippen LogP contribution in [0.3, 0.4) is 0 Å². The number of aliphatic carboxylic acids is 1. The monoisotopic (exact) mass is 521 g/mol. The molecular formula is C37H31NO2. The second-order valence-corrected chi connectivity index (χ2v) is 9.91. The lowest BCUT2D eigenvalue weighted by atomic mass is 10.0. The van der Waals surface area contributed by atoms with Crippen LogP contribution in [-0.4, -0.2) is 11.1 Å². The van der Waals surface area contributed by atoms with E-state index >= 15 is 0 Å². The molecule has 0 radical (unpaired) electrons. The summed E-state index contributed by atoms with van der Waals surface area (Å²) in [7, 11) is 0. The predicted octanol–water partition coefficient (Wildman–Crippen LogP) is 9.71. The molecule has 0 aliphatic carbocycles. The van der Waals surface area contributed by atoms with Crippen molar-refractivity contribution in [3.8, 4) is 11.1 Å². The van der Waals surface area contributed by atoms with Gasteiger partial charge in [0, 0.05) is 17.1 Å². The van der Waals surface area contributed by atoms with Gasteiger partial charge < -0.3 is 10.0 Å². The summed E-state index contributed by atoms with van der Waals surface area (Å²) in [6, 6.07) is 41.7. The van der Waals surface area contributed by atoms with Gasteiger partial charge >= 0.3 is 5.97 Å². The summed E-state index contributed by atoms with van der Waals surface area (Å²) >= 11 is 0. The van der Waals surface area contributed by atoms with Gasteiger partial charge in [0.05, 0.1) is 5.57 Å². The Morgan fingerprint density at radius 2 is 0.925 bits per heavy atom. The van der Waals surface area contributed by atoms with Crippen LogP contribution in [0.5, 0.6) is 0 Å². The van der Waals surface area contributed by atoms with E-state index < -0.39 is 5.97 Å². The topological polar surface area (TPSA) is 40.5 Å². The fourth-order valence-corrected chi connectivity index (χ4v) is 4.54. The van der Waals surface area contributed by atoms with E-state index in [4.69, 9.17) is 5.11 Å². The smallest absolute Gasteiger partial charge is 0.335 e. The maximum absolute atomic E-state index is 11.1. The van der Waals surface area contributed by atoms with E-state index in [-0.39, 0.29) is 5.57 Å². The molecule has 3 nitrogen and oxygen atoms in total. The number of anilines is 3. The van der Waals surface area contributed by atoms with Gasteiger partial charge in [-0.1, -0.05) is 115 Å². The zero-order valence-electron chi connectivity index (χ0n) is 22.7. The molecule has 0 atom stereocenters. The van der Waals surface area contributed by atoms with Crippen LogP contribution in [0.15, 0.2) is 128 Å². The summed E-state index contributed by atoms with van der Waals surface area (Å²) in [5.74, 6) is -1.01. The van der Waals surface area contributed by atoms with Crippen LogP contribution < -0.4 is 4.90 Å². The van der Waals surface area contributed by atoms with Gasteiger partial charge in [0.1, 0.15) is 0 Å². The number of carboxylic acid groups (broad SMARTS) is 1. The van der Waals surface area contributed by atoms with E-state index in [1.165, 1.54) is 11.1 Å². The number of rotatable bonds is 8. The van der Waals surface area contributed by atoms with E-state index in [0.29, 0.717) is 5.56 Å². The molecule has 5 aromatic carbocycles. The molecule has 0 unspecified atom stereocenters. The first-order chi connectivity index (χ1) is 19.4. The molecule has 0 spiro atoms. The standard InChI is InChI=1S/C37H31NO2/c1-26-4-20-34(21-5-26)38(35-22-6-27(2)7-23-35)36-24-18-33(19-25-36)32-16-12-30(13-17-32)9-8-29-10-14-31(15-11-29)28(3)37(39)40/h4-25H,3H2,1-2H3,(H,39,40). The van der Waals surface area contributed by atoms with Crippen molar-refractivity contribution in [2.45, 2.75) is 13.8 Å². The van der Waals surface area contributed by atoms with Crippen LogP contribution >= 0.6 is 0 Å². The summed E-state index contributed by atoms with van der Waals surface area (Å²) < 4.78 is 0. The molecule has 40 heavy (non-hydrogen) atoms. The molecule has 3 heteroatoms. The zero-order chi connectivity index (χ0) is 28.1. The molecule has 0 saturated carbocycles. The van der Waals surface area contributed by atoms with E-state index in [0.717, 1.165) is 39.3 Å². The number of hydrogen-bond donors (Lipinski definition) is 1. The van der Waals surface area contributed by atoms with Crippen molar-refractivity contribution in [3.63, 3.8) is 0 Å². The lowest BCUT2D eigenvalue weighted by molar-refractivity contribution is -0.130. The number of hydrogen-bond acceptors (Lipinski definition) is 2. The second kappa shape index (κ2) is 11.7. The SMILES string of the molecule is C=C(C(=O)O)c1ccc(C=Cc2ccc(-c3ccc(N(c4ccc(C)cc4)c4ccc(C)cc4)cc3)cc2)cc1. The van der Waals surface area contributed by atoms with Gasteiger partial charge in [-0.25, -0.2) is 4.79 Å². The maximum atomic E-state index is 11.1. The fraction of sp³-hybridized carbons (Fsp3) is 0.0541. The van der Waals surface area contributed by atoms with Crippen molar-refractivity contribution >= 4 is 40.8 Å². The third-order valence-electron chi connectivity index (χ3n) is 6.94. The third-order valence-corrected chi connectivity index (χ3v) is 6.94. The quantitative estimate of drug-likeness (QED) is 0.163. The van der Waals surface area contributed by atoms with Gasteiger partial charge in [0.25, 0.3) is 0 Å². The minimum absolute atomic E-state index is 0.0946. The number of carbonyl (C=O) groups is 1. The molecule has 196 valence electrons. The summed E-state index contributed by atoms with van der Waals surface area (Å²) in [6.45, 7) is 7.82. The summed E-state index contributed by atoms with van der Waals surface area (Å²) in [5, 5.41) is 9.09. The molecule has 1 N–H and O–H groups in total. The highest BCUT2D eigenvalue weighted by Gasteiger charge is 2.12. The van der Waals surface area contributed by atoms with Crippen molar-refractivity contribution in [1.29, 1.82) is 0 Å². The van der Waals surface area contributed by atoms with Gasteiger partial charge in [-0.2, -0.15) is 0 Å². The van der Waals surface area contributed by atoms with Crippen LogP contribution in [0.4, 0.5) is 17.1 Å². The molecule has 0 fully saturated rings. The third kappa shape index (κ3) is 6.11. The first kappa shape index (κ1) is 26.5. The average molecular weight is 522 g/mol. The Kier molecular flexibility index (Phi) is 7.75. The van der Waals surface area contributed by atoms with Crippen molar-refractivity contribution in [2.75, 3.05) is 4.90 Å². The Labute approximate surface area is 236 Å². The van der Waals surface area contributed by atoms with Gasteiger partial charge in [-0.05, 0) is 78.1 Å². The fourth-order valence-electron chi connectivity index (χ4n) is 4.54. The largest absolute Gasteiger partial charge is 0.478 e. The molecule has 0 aliphatic rings. The van der Waals surface area contributed by atoms with E-state index in [1.54, 1.807) is 12.1 Å².